The summed E-state index contributed by atoms with van der Waals surface area (Å²) in [6.07, 6.45) is 7.75. The van der Waals surface area contributed by atoms with Crippen LogP contribution in [0.4, 0.5) is 0 Å². The van der Waals surface area contributed by atoms with Crippen LogP contribution in [0.15, 0.2) is 0 Å². The van der Waals surface area contributed by atoms with Gasteiger partial charge in [-0.1, -0.05) is 26.2 Å². The molecule has 0 saturated heterocycles. The van der Waals surface area contributed by atoms with Crippen LogP contribution in [0.1, 0.15) is 51.9 Å². The Morgan fingerprint density at radius 3 is 2.57 bits per heavy atom. The van der Waals surface area contributed by atoms with Crippen molar-refractivity contribution in [2.75, 3.05) is 6.61 Å². The fourth-order valence-corrected chi connectivity index (χ4v) is 2.71. The van der Waals surface area contributed by atoms with Gasteiger partial charge < -0.3 is 10.2 Å². The summed E-state index contributed by atoms with van der Waals surface area (Å²) in [6.45, 7) is 2.48. The molecule has 1 saturated carbocycles. The van der Waals surface area contributed by atoms with Crippen molar-refractivity contribution in [3.63, 3.8) is 0 Å². The molecule has 2 heteroatoms. The van der Waals surface area contributed by atoms with Gasteiger partial charge in [-0.15, -0.1) is 0 Å². The highest BCUT2D eigenvalue weighted by molar-refractivity contribution is 4.84. The highest BCUT2D eigenvalue weighted by Gasteiger charge is 2.33. The molecule has 84 valence electrons. The van der Waals surface area contributed by atoms with Crippen molar-refractivity contribution in [2.45, 2.75) is 58.0 Å². The van der Waals surface area contributed by atoms with E-state index in [9.17, 15) is 5.11 Å². The van der Waals surface area contributed by atoms with Gasteiger partial charge in [-0.3, -0.25) is 0 Å². The van der Waals surface area contributed by atoms with E-state index in [1.165, 1.54) is 19.3 Å². The second-order valence-corrected chi connectivity index (χ2v) is 4.58. The molecule has 0 spiro atoms. The molecular formula is C12H24O2. The van der Waals surface area contributed by atoms with Crippen LogP contribution in [0.2, 0.25) is 0 Å². The second kappa shape index (κ2) is 6.41. The Hall–Kier alpha value is -0.0800. The van der Waals surface area contributed by atoms with Crippen LogP contribution in [-0.2, 0) is 0 Å². The summed E-state index contributed by atoms with van der Waals surface area (Å²) in [5.41, 5.74) is 0. The average molecular weight is 200 g/mol. The van der Waals surface area contributed by atoms with Gasteiger partial charge in [0.1, 0.15) is 0 Å². The lowest BCUT2D eigenvalue weighted by atomic mass is 9.87. The summed E-state index contributed by atoms with van der Waals surface area (Å²) in [5, 5.41) is 18.7. The van der Waals surface area contributed by atoms with Gasteiger partial charge in [0.15, 0.2) is 0 Å². The molecule has 1 rings (SSSR count). The quantitative estimate of drug-likeness (QED) is 0.646. The fourth-order valence-electron chi connectivity index (χ4n) is 2.71. The third-order valence-electron chi connectivity index (χ3n) is 3.57. The van der Waals surface area contributed by atoms with Gasteiger partial charge in [-0.2, -0.15) is 0 Å². The van der Waals surface area contributed by atoms with Crippen LogP contribution in [-0.4, -0.2) is 22.9 Å². The first-order valence-electron chi connectivity index (χ1n) is 6.08. The topological polar surface area (TPSA) is 40.5 Å². The maximum absolute atomic E-state index is 9.80. The predicted molar refractivity (Wildman–Crippen MR) is 58.1 cm³/mol. The van der Waals surface area contributed by atoms with E-state index in [-0.39, 0.29) is 12.7 Å². The summed E-state index contributed by atoms with van der Waals surface area (Å²) >= 11 is 0. The van der Waals surface area contributed by atoms with Gasteiger partial charge in [0.25, 0.3) is 0 Å². The summed E-state index contributed by atoms with van der Waals surface area (Å²) < 4.78 is 0. The number of aliphatic hydroxyl groups excluding tert-OH is 2. The highest BCUT2D eigenvalue weighted by Crippen LogP contribution is 2.37. The van der Waals surface area contributed by atoms with Crippen molar-refractivity contribution >= 4 is 0 Å². The molecule has 0 amide bonds. The minimum absolute atomic E-state index is 0.0941. The van der Waals surface area contributed by atoms with Crippen LogP contribution in [0.25, 0.3) is 0 Å². The van der Waals surface area contributed by atoms with E-state index < -0.39 is 0 Å². The molecule has 0 aromatic carbocycles. The van der Waals surface area contributed by atoms with E-state index in [1.807, 2.05) is 0 Å². The van der Waals surface area contributed by atoms with Gasteiger partial charge in [0.05, 0.1) is 6.10 Å². The zero-order chi connectivity index (χ0) is 10.4. The summed E-state index contributed by atoms with van der Waals surface area (Å²) in [7, 11) is 0. The van der Waals surface area contributed by atoms with Crippen molar-refractivity contribution in [1.82, 2.24) is 0 Å². The zero-order valence-corrected chi connectivity index (χ0v) is 9.28. The van der Waals surface area contributed by atoms with Gasteiger partial charge in [0.2, 0.25) is 0 Å². The number of hydrogen-bond acceptors (Lipinski definition) is 2. The number of rotatable bonds is 6. The third kappa shape index (κ3) is 3.25. The molecule has 0 heterocycles. The second-order valence-electron chi connectivity index (χ2n) is 4.58. The van der Waals surface area contributed by atoms with E-state index in [2.05, 4.69) is 6.92 Å². The Kier molecular flexibility index (Phi) is 5.49. The van der Waals surface area contributed by atoms with Gasteiger partial charge in [-0.05, 0) is 37.5 Å². The lowest BCUT2D eigenvalue weighted by molar-refractivity contribution is 0.102. The van der Waals surface area contributed by atoms with E-state index in [0.717, 1.165) is 25.7 Å². The van der Waals surface area contributed by atoms with Gasteiger partial charge in [-0.25, -0.2) is 0 Å². The number of unbranched alkanes of at least 4 members (excludes halogenated alkanes) is 2. The van der Waals surface area contributed by atoms with Gasteiger partial charge in [0, 0.05) is 6.61 Å². The minimum atomic E-state index is -0.0941. The average Bonchev–Trinajstić information content (AvgIpc) is 2.50. The van der Waals surface area contributed by atoms with E-state index in [0.29, 0.717) is 11.8 Å². The smallest absolute Gasteiger partial charge is 0.0571 e. The molecule has 1 fully saturated rings. The third-order valence-corrected chi connectivity index (χ3v) is 3.57. The lowest BCUT2D eigenvalue weighted by Gasteiger charge is -2.21. The fraction of sp³-hybridized carbons (Fsp3) is 1.00. The first-order chi connectivity index (χ1) is 6.79. The molecule has 2 N–H and O–H groups in total. The molecule has 0 aliphatic heterocycles. The molecule has 2 nitrogen and oxygen atoms in total. The van der Waals surface area contributed by atoms with E-state index in [4.69, 9.17) is 5.11 Å². The van der Waals surface area contributed by atoms with Crippen molar-refractivity contribution in [2.24, 2.45) is 11.8 Å². The Morgan fingerprint density at radius 2 is 1.93 bits per heavy atom. The molecule has 14 heavy (non-hydrogen) atoms. The summed E-state index contributed by atoms with van der Waals surface area (Å²) in [5.74, 6) is 1.04. The lowest BCUT2D eigenvalue weighted by Crippen LogP contribution is -2.19. The molecule has 0 radical (unpaired) electrons. The van der Waals surface area contributed by atoms with Crippen molar-refractivity contribution < 1.29 is 10.2 Å². The van der Waals surface area contributed by atoms with Crippen LogP contribution in [0.3, 0.4) is 0 Å². The number of aliphatic hydroxyl groups is 2. The first kappa shape index (κ1) is 12.0. The Bertz CT molecular complexity index is 145. The van der Waals surface area contributed by atoms with Gasteiger partial charge >= 0.3 is 0 Å². The molecular weight excluding hydrogens is 176 g/mol. The Morgan fingerprint density at radius 1 is 1.14 bits per heavy atom. The molecule has 1 aliphatic carbocycles. The Balaban J connectivity index is 2.29. The summed E-state index contributed by atoms with van der Waals surface area (Å²) in [6, 6.07) is 0. The number of hydrogen-bond donors (Lipinski definition) is 2. The maximum Gasteiger partial charge on any atom is 0.0571 e. The standard InChI is InChI=1S/C12H24O2/c1-2-3-4-5-11-10(8-9-13)6-7-12(11)14/h10-14H,2-9H2,1H3. The normalized spacial score (nSPS) is 32.4. The van der Waals surface area contributed by atoms with E-state index >= 15 is 0 Å². The molecule has 0 aromatic rings. The molecule has 1 aliphatic rings. The molecule has 0 aromatic heterocycles. The van der Waals surface area contributed by atoms with Crippen LogP contribution in [0.5, 0.6) is 0 Å². The molecule has 0 bridgehead atoms. The Labute approximate surface area is 87.3 Å². The summed E-state index contributed by atoms with van der Waals surface area (Å²) in [4.78, 5) is 0. The van der Waals surface area contributed by atoms with Crippen LogP contribution < -0.4 is 0 Å². The van der Waals surface area contributed by atoms with Crippen LogP contribution >= 0.6 is 0 Å². The van der Waals surface area contributed by atoms with Crippen molar-refractivity contribution in [3.05, 3.63) is 0 Å². The molecule has 3 atom stereocenters. The first-order valence-corrected chi connectivity index (χ1v) is 6.08. The van der Waals surface area contributed by atoms with Crippen LogP contribution in [0, 0.1) is 11.8 Å². The largest absolute Gasteiger partial charge is 0.396 e. The zero-order valence-electron chi connectivity index (χ0n) is 9.28. The maximum atomic E-state index is 9.80. The highest BCUT2D eigenvalue weighted by atomic mass is 16.3. The van der Waals surface area contributed by atoms with E-state index in [1.54, 1.807) is 0 Å². The van der Waals surface area contributed by atoms with Crippen molar-refractivity contribution in [1.29, 1.82) is 0 Å². The SMILES string of the molecule is CCCCCC1C(O)CCC1CCO. The van der Waals surface area contributed by atoms with Crippen molar-refractivity contribution in [3.8, 4) is 0 Å². The monoisotopic (exact) mass is 200 g/mol. The minimum Gasteiger partial charge on any atom is -0.396 e. The predicted octanol–water partition coefficient (Wildman–Crippen LogP) is 2.34. The molecule has 3 unspecified atom stereocenters.